The standard InChI is InChI=1S/C17H14F3NO3/c1-9-3-4-11(10(2)7-9)17(23)24-8-14(22)21-13-6-5-12(18)15(19)16(13)20/h3-7H,8H2,1-2H3,(H,21,22). The summed E-state index contributed by atoms with van der Waals surface area (Å²) in [5.74, 6) is -6.18. The van der Waals surface area contributed by atoms with E-state index in [0.717, 1.165) is 11.6 Å². The Morgan fingerprint density at radius 2 is 1.75 bits per heavy atom. The molecule has 2 aromatic carbocycles. The van der Waals surface area contributed by atoms with Crippen LogP contribution in [0.1, 0.15) is 21.5 Å². The highest BCUT2D eigenvalue weighted by atomic mass is 19.2. The lowest BCUT2D eigenvalue weighted by Crippen LogP contribution is -2.22. The van der Waals surface area contributed by atoms with Crippen LogP contribution < -0.4 is 5.32 Å². The molecule has 126 valence electrons. The molecular formula is C17H14F3NO3. The lowest BCUT2D eigenvalue weighted by Gasteiger charge is -2.09. The number of halogens is 3. The van der Waals surface area contributed by atoms with Crippen LogP contribution >= 0.6 is 0 Å². The van der Waals surface area contributed by atoms with Gasteiger partial charge in [0.2, 0.25) is 0 Å². The Labute approximate surface area is 136 Å². The van der Waals surface area contributed by atoms with Gasteiger partial charge in [-0.3, -0.25) is 4.79 Å². The fraction of sp³-hybridized carbons (Fsp3) is 0.176. The van der Waals surface area contributed by atoms with Crippen molar-refractivity contribution < 1.29 is 27.5 Å². The number of nitrogens with one attached hydrogen (secondary N) is 1. The van der Waals surface area contributed by atoms with Gasteiger partial charge in [0.1, 0.15) is 0 Å². The predicted octanol–water partition coefficient (Wildman–Crippen LogP) is 3.52. The summed E-state index contributed by atoms with van der Waals surface area (Å²) in [4.78, 5) is 23.6. The van der Waals surface area contributed by atoms with Crippen LogP contribution in [0.25, 0.3) is 0 Å². The zero-order chi connectivity index (χ0) is 17.9. The van der Waals surface area contributed by atoms with Crippen molar-refractivity contribution in [1.29, 1.82) is 0 Å². The molecule has 24 heavy (non-hydrogen) atoms. The minimum absolute atomic E-state index is 0.299. The van der Waals surface area contributed by atoms with Crippen LogP contribution in [0.5, 0.6) is 0 Å². The third kappa shape index (κ3) is 3.92. The summed E-state index contributed by atoms with van der Waals surface area (Å²) in [5, 5.41) is 2.01. The van der Waals surface area contributed by atoms with E-state index in [2.05, 4.69) is 0 Å². The van der Waals surface area contributed by atoms with Gasteiger partial charge in [-0.25, -0.2) is 18.0 Å². The number of hydrogen-bond donors (Lipinski definition) is 1. The summed E-state index contributed by atoms with van der Waals surface area (Å²) in [5.41, 5.74) is 1.41. The first-order valence-electron chi connectivity index (χ1n) is 6.97. The van der Waals surface area contributed by atoms with Crippen molar-refractivity contribution in [2.24, 2.45) is 0 Å². The number of carbonyl (C=O) groups excluding carboxylic acids is 2. The van der Waals surface area contributed by atoms with Gasteiger partial charge >= 0.3 is 5.97 Å². The minimum atomic E-state index is -1.69. The summed E-state index contributed by atoms with van der Waals surface area (Å²) in [6.45, 7) is 2.90. The number of anilines is 1. The van der Waals surface area contributed by atoms with E-state index in [1.165, 1.54) is 0 Å². The topological polar surface area (TPSA) is 55.4 Å². The number of esters is 1. The number of aryl methyl sites for hydroxylation is 2. The molecule has 1 amide bonds. The first kappa shape index (κ1) is 17.5. The maximum atomic E-state index is 13.4. The van der Waals surface area contributed by atoms with E-state index in [0.29, 0.717) is 17.2 Å². The van der Waals surface area contributed by atoms with Crippen molar-refractivity contribution in [2.45, 2.75) is 13.8 Å². The van der Waals surface area contributed by atoms with Crippen LogP contribution in [-0.4, -0.2) is 18.5 Å². The maximum absolute atomic E-state index is 13.4. The number of amides is 1. The number of ether oxygens (including phenoxy) is 1. The molecule has 0 aromatic heterocycles. The molecule has 0 spiro atoms. The molecule has 4 nitrogen and oxygen atoms in total. The molecule has 0 aliphatic carbocycles. The second kappa shape index (κ2) is 7.16. The molecule has 0 saturated carbocycles. The SMILES string of the molecule is Cc1ccc(C(=O)OCC(=O)Nc2ccc(F)c(F)c2F)c(C)c1. The van der Waals surface area contributed by atoms with Gasteiger partial charge in [0, 0.05) is 0 Å². The van der Waals surface area contributed by atoms with E-state index in [1.54, 1.807) is 25.1 Å². The van der Waals surface area contributed by atoms with E-state index in [9.17, 15) is 22.8 Å². The van der Waals surface area contributed by atoms with Crippen LogP contribution in [0.4, 0.5) is 18.9 Å². The van der Waals surface area contributed by atoms with E-state index in [-0.39, 0.29) is 0 Å². The molecule has 0 saturated heterocycles. The Bertz CT molecular complexity index is 806. The zero-order valence-corrected chi connectivity index (χ0v) is 13.0. The smallest absolute Gasteiger partial charge is 0.338 e. The van der Waals surface area contributed by atoms with Crippen LogP contribution in [0.3, 0.4) is 0 Å². The Morgan fingerprint density at radius 1 is 1.04 bits per heavy atom. The van der Waals surface area contributed by atoms with Crippen molar-refractivity contribution in [3.63, 3.8) is 0 Å². The third-order valence-corrected chi connectivity index (χ3v) is 3.25. The van der Waals surface area contributed by atoms with Gasteiger partial charge in [-0.15, -0.1) is 0 Å². The second-order valence-electron chi connectivity index (χ2n) is 5.17. The highest BCUT2D eigenvalue weighted by Crippen LogP contribution is 2.19. The molecule has 0 radical (unpaired) electrons. The van der Waals surface area contributed by atoms with Crippen molar-refractivity contribution in [3.05, 3.63) is 64.5 Å². The van der Waals surface area contributed by atoms with E-state index in [1.807, 2.05) is 12.2 Å². The Kier molecular flexibility index (Phi) is 5.23. The van der Waals surface area contributed by atoms with Crippen molar-refractivity contribution in [2.75, 3.05) is 11.9 Å². The van der Waals surface area contributed by atoms with Crippen LogP contribution in [-0.2, 0) is 9.53 Å². The molecule has 0 heterocycles. The average Bonchev–Trinajstić information content (AvgIpc) is 2.53. The molecule has 0 bridgehead atoms. The lowest BCUT2D eigenvalue weighted by atomic mass is 10.1. The van der Waals surface area contributed by atoms with E-state index < -0.39 is 41.6 Å². The fourth-order valence-electron chi connectivity index (χ4n) is 2.06. The molecule has 0 atom stereocenters. The van der Waals surface area contributed by atoms with Crippen LogP contribution in [0.15, 0.2) is 30.3 Å². The Hall–Kier alpha value is -2.83. The Balaban J connectivity index is 1.98. The van der Waals surface area contributed by atoms with E-state index in [4.69, 9.17) is 4.74 Å². The molecular weight excluding hydrogens is 323 g/mol. The monoisotopic (exact) mass is 337 g/mol. The van der Waals surface area contributed by atoms with Crippen LogP contribution in [0.2, 0.25) is 0 Å². The molecule has 0 aliphatic rings. The van der Waals surface area contributed by atoms with E-state index >= 15 is 0 Å². The maximum Gasteiger partial charge on any atom is 0.338 e. The van der Waals surface area contributed by atoms with Gasteiger partial charge in [0.15, 0.2) is 24.1 Å². The first-order chi connectivity index (χ1) is 11.3. The fourth-order valence-corrected chi connectivity index (χ4v) is 2.06. The molecule has 2 rings (SSSR count). The zero-order valence-electron chi connectivity index (χ0n) is 13.0. The summed E-state index contributed by atoms with van der Waals surface area (Å²) in [7, 11) is 0. The molecule has 7 heteroatoms. The third-order valence-electron chi connectivity index (χ3n) is 3.25. The number of benzene rings is 2. The van der Waals surface area contributed by atoms with Crippen molar-refractivity contribution in [1.82, 2.24) is 0 Å². The lowest BCUT2D eigenvalue weighted by molar-refractivity contribution is -0.119. The number of rotatable bonds is 4. The van der Waals surface area contributed by atoms with Gasteiger partial charge in [-0.05, 0) is 37.6 Å². The highest BCUT2D eigenvalue weighted by Gasteiger charge is 2.17. The molecule has 2 aromatic rings. The van der Waals surface area contributed by atoms with Gasteiger partial charge in [0.05, 0.1) is 11.3 Å². The second-order valence-corrected chi connectivity index (χ2v) is 5.17. The summed E-state index contributed by atoms with van der Waals surface area (Å²) < 4.78 is 44.2. The molecule has 0 aliphatic heterocycles. The molecule has 0 unspecified atom stereocenters. The summed E-state index contributed by atoms with van der Waals surface area (Å²) in [6, 6.07) is 6.63. The largest absolute Gasteiger partial charge is 0.452 e. The van der Waals surface area contributed by atoms with Gasteiger partial charge in [-0.2, -0.15) is 0 Å². The predicted molar refractivity (Wildman–Crippen MR) is 81.1 cm³/mol. The normalized spacial score (nSPS) is 10.4. The molecule has 0 fully saturated rings. The van der Waals surface area contributed by atoms with Gasteiger partial charge < -0.3 is 10.1 Å². The first-order valence-corrected chi connectivity index (χ1v) is 6.97. The quantitative estimate of drug-likeness (QED) is 0.686. The summed E-state index contributed by atoms with van der Waals surface area (Å²) >= 11 is 0. The average molecular weight is 337 g/mol. The van der Waals surface area contributed by atoms with Gasteiger partial charge in [-0.1, -0.05) is 17.7 Å². The highest BCUT2D eigenvalue weighted by molar-refractivity contribution is 5.96. The van der Waals surface area contributed by atoms with Crippen molar-refractivity contribution >= 4 is 17.6 Å². The van der Waals surface area contributed by atoms with Crippen LogP contribution in [0, 0.1) is 31.3 Å². The number of hydrogen-bond acceptors (Lipinski definition) is 3. The number of carbonyl (C=O) groups is 2. The minimum Gasteiger partial charge on any atom is -0.452 e. The Morgan fingerprint density at radius 3 is 2.42 bits per heavy atom. The van der Waals surface area contributed by atoms with Gasteiger partial charge in [0.25, 0.3) is 5.91 Å². The molecule has 1 N–H and O–H groups in total. The summed E-state index contributed by atoms with van der Waals surface area (Å²) in [6.07, 6.45) is 0. The van der Waals surface area contributed by atoms with Crippen molar-refractivity contribution in [3.8, 4) is 0 Å².